The van der Waals surface area contributed by atoms with E-state index in [0.717, 1.165) is 11.3 Å². The van der Waals surface area contributed by atoms with Crippen LogP contribution in [0.1, 0.15) is 27.0 Å². The van der Waals surface area contributed by atoms with E-state index in [2.05, 4.69) is 13.0 Å². The zero-order valence-electron chi connectivity index (χ0n) is 12.0. The molecule has 2 nitrogen and oxygen atoms in total. The fourth-order valence-electron chi connectivity index (χ4n) is 2.03. The molecule has 0 atom stereocenters. The van der Waals surface area contributed by atoms with Gasteiger partial charge in [0.2, 0.25) is 0 Å². The van der Waals surface area contributed by atoms with Crippen molar-refractivity contribution in [2.45, 2.75) is 13.8 Å². The Morgan fingerprint density at radius 3 is 2.35 bits per heavy atom. The standard InChI is InChI=1S/C18H18O2/c1-13-4-5-15(14(2)12-13)8-11-18(19)16-6-9-17(20-3)10-7-16/h4-12H,1-3H3/b11-8+. The lowest BCUT2D eigenvalue weighted by molar-refractivity contribution is 0.104. The lowest BCUT2D eigenvalue weighted by Crippen LogP contribution is -1.94. The second-order valence-corrected chi connectivity index (χ2v) is 4.79. The molecule has 0 aromatic heterocycles. The fourth-order valence-corrected chi connectivity index (χ4v) is 2.03. The highest BCUT2D eigenvalue weighted by molar-refractivity contribution is 6.06. The number of aryl methyl sites for hydroxylation is 2. The Kier molecular flexibility index (Phi) is 4.36. The molecule has 2 aromatic rings. The molecule has 0 fully saturated rings. The minimum Gasteiger partial charge on any atom is -0.497 e. The summed E-state index contributed by atoms with van der Waals surface area (Å²) >= 11 is 0. The van der Waals surface area contributed by atoms with Crippen LogP contribution in [0.5, 0.6) is 5.75 Å². The van der Waals surface area contributed by atoms with Crippen molar-refractivity contribution in [2.24, 2.45) is 0 Å². The van der Waals surface area contributed by atoms with Gasteiger partial charge in [-0.05, 0) is 55.3 Å². The number of carbonyl (C=O) groups is 1. The molecule has 0 amide bonds. The summed E-state index contributed by atoms with van der Waals surface area (Å²) in [5.41, 5.74) is 4.12. The molecule has 2 rings (SSSR count). The molecule has 0 saturated heterocycles. The van der Waals surface area contributed by atoms with Crippen molar-refractivity contribution in [1.29, 1.82) is 0 Å². The van der Waals surface area contributed by atoms with Crippen molar-refractivity contribution in [1.82, 2.24) is 0 Å². The largest absolute Gasteiger partial charge is 0.497 e. The van der Waals surface area contributed by atoms with Crippen LogP contribution in [0.25, 0.3) is 6.08 Å². The van der Waals surface area contributed by atoms with Crippen molar-refractivity contribution in [3.05, 3.63) is 70.8 Å². The third kappa shape index (κ3) is 3.35. The summed E-state index contributed by atoms with van der Waals surface area (Å²) in [5, 5.41) is 0. The number of carbonyl (C=O) groups excluding carboxylic acids is 1. The first-order valence-corrected chi connectivity index (χ1v) is 6.54. The van der Waals surface area contributed by atoms with Crippen molar-refractivity contribution in [2.75, 3.05) is 7.11 Å². The number of allylic oxidation sites excluding steroid dienone is 1. The summed E-state index contributed by atoms with van der Waals surface area (Å²) in [7, 11) is 1.61. The van der Waals surface area contributed by atoms with E-state index in [4.69, 9.17) is 4.74 Å². The molecule has 2 heteroatoms. The van der Waals surface area contributed by atoms with Crippen LogP contribution < -0.4 is 4.74 Å². The average Bonchev–Trinajstić information content (AvgIpc) is 2.46. The predicted octanol–water partition coefficient (Wildman–Crippen LogP) is 4.21. The molecule has 102 valence electrons. The van der Waals surface area contributed by atoms with E-state index in [1.807, 2.05) is 25.1 Å². The van der Waals surface area contributed by atoms with Gasteiger partial charge in [-0.15, -0.1) is 0 Å². The van der Waals surface area contributed by atoms with E-state index >= 15 is 0 Å². The Bertz CT molecular complexity index is 637. The third-order valence-corrected chi connectivity index (χ3v) is 3.21. The highest BCUT2D eigenvalue weighted by Gasteiger charge is 2.02. The van der Waals surface area contributed by atoms with E-state index in [-0.39, 0.29) is 5.78 Å². The fraction of sp³-hybridized carbons (Fsp3) is 0.167. The molecule has 0 aliphatic heterocycles. The topological polar surface area (TPSA) is 26.3 Å². The lowest BCUT2D eigenvalue weighted by atomic mass is 10.0. The Labute approximate surface area is 119 Å². The maximum atomic E-state index is 12.1. The van der Waals surface area contributed by atoms with Crippen LogP contribution in [-0.4, -0.2) is 12.9 Å². The molecule has 2 aromatic carbocycles. The SMILES string of the molecule is COc1ccc(C(=O)/C=C/c2ccc(C)cc2C)cc1. The van der Waals surface area contributed by atoms with Gasteiger partial charge in [0.25, 0.3) is 0 Å². The van der Waals surface area contributed by atoms with Gasteiger partial charge in [0.15, 0.2) is 5.78 Å². The van der Waals surface area contributed by atoms with E-state index in [1.54, 1.807) is 37.5 Å². The summed E-state index contributed by atoms with van der Waals surface area (Å²) < 4.78 is 5.08. The number of rotatable bonds is 4. The molecule has 20 heavy (non-hydrogen) atoms. The normalized spacial score (nSPS) is 10.8. The molecule has 0 unspecified atom stereocenters. The second-order valence-electron chi connectivity index (χ2n) is 4.79. The van der Waals surface area contributed by atoms with Gasteiger partial charge in [-0.25, -0.2) is 0 Å². The Morgan fingerprint density at radius 1 is 1.05 bits per heavy atom. The first-order chi connectivity index (χ1) is 9.60. The number of methoxy groups -OCH3 is 1. The van der Waals surface area contributed by atoms with Gasteiger partial charge in [-0.2, -0.15) is 0 Å². The summed E-state index contributed by atoms with van der Waals surface area (Å²) in [4.78, 5) is 12.1. The quantitative estimate of drug-likeness (QED) is 0.612. The highest BCUT2D eigenvalue weighted by atomic mass is 16.5. The van der Waals surface area contributed by atoms with Crippen LogP contribution in [0.3, 0.4) is 0 Å². The number of hydrogen-bond acceptors (Lipinski definition) is 2. The van der Waals surface area contributed by atoms with E-state index < -0.39 is 0 Å². The Hall–Kier alpha value is -2.35. The Morgan fingerprint density at radius 2 is 1.75 bits per heavy atom. The predicted molar refractivity (Wildman–Crippen MR) is 82.3 cm³/mol. The highest BCUT2D eigenvalue weighted by Crippen LogP contribution is 2.15. The van der Waals surface area contributed by atoms with Gasteiger partial charge in [0, 0.05) is 5.56 Å². The van der Waals surface area contributed by atoms with Crippen molar-refractivity contribution in [3.8, 4) is 5.75 Å². The minimum absolute atomic E-state index is 0.00683. The molecule has 0 aliphatic carbocycles. The molecule has 0 saturated carbocycles. The zero-order valence-corrected chi connectivity index (χ0v) is 12.0. The van der Waals surface area contributed by atoms with E-state index in [1.165, 1.54) is 11.1 Å². The monoisotopic (exact) mass is 266 g/mol. The summed E-state index contributed by atoms with van der Waals surface area (Å²) in [6, 6.07) is 13.3. The van der Waals surface area contributed by atoms with E-state index in [0.29, 0.717) is 5.56 Å². The molecule has 0 aliphatic rings. The first-order valence-electron chi connectivity index (χ1n) is 6.54. The van der Waals surface area contributed by atoms with Gasteiger partial charge < -0.3 is 4.74 Å². The summed E-state index contributed by atoms with van der Waals surface area (Å²) in [5.74, 6) is 0.743. The van der Waals surface area contributed by atoms with E-state index in [9.17, 15) is 4.79 Å². The summed E-state index contributed by atoms with van der Waals surface area (Å²) in [6.45, 7) is 4.10. The molecule has 0 bridgehead atoms. The van der Waals surface area contributed by atoms with Crippen LogP contribution in [0.4, 0.5) is 0 Å². The molecular formula is C18H18O2. The maximum Gasteiger partial charge on any atom is 0.185 e. The maximum absolute atomic E-state index is 12.1. The van der Waals surface area contributed by atoms with Crippen molar-refractivity contribution in [3.63, 3.8) is 0 Å². The molecule has 0 spiro atoms. The lowest BCUT2D eigenvalue weighted by Gasteiger charge is -2.02. The number of ether oxygens (including phenoxy) is 1. The molecular weight excluding hydrogens is 248 g/mol. The number of hydrogen-bond donors (Lipinski definition) is 0. The van der Waals surface area contributed by atoms with Gasteiger partial charge >= 0.3 is 0 Å². The average molecular weight is 266 g/mol. The van der Waals surface area contributed by atoms with Crippen LogP contribution >= 0.6 is 0 Å². The smallest absolute Gasteiger partial charge is 0.185 e. The second kappa shape index (κ2) is 6.20. The zero-order chi connectivity index (χ0) is 14.5. The van der Waals surface area contributed by atoms with Crippen LogP contribution in [0.2, 0.25) is 0 Å². The number of benzene rings is 2. The summed E-state index contributed by atoms with van der Waals surface area (Å²) in [6.07, 6.45) is 3.47. The third-order valence-electron chi connectivity index (χ3n) is 3.21. The van der Waals surface area contributed by atoms with Crippen molar-refractivity contribution >= 4 is 11.9 Å². The van der Waals surface area contributed by atoms with Gasteiger partial charge in [0.05, 0.1) is 7.11 Å². The molecule has 0 heterocycles. The Balaban J connectivity index is 2.15. The number of ketones is 1. The minimum atomic E-state index is -0.00683. The van der Waals surface area contributed by atoms with Crippen LogP contribution in [0.15, 0.2) is 48.5 Å². The first kappa shape index (κ1) is 14.1. The molecule has 0 radical (unpaired) electrons. The van der Waals surface area contributed by atoms with Crippen LogP contribution in [-0.2, 0) is 0 Å². The van der Waals surface area contributed by atoms with Crippen LogP contribution in [0, 0.1) is 13.8 Å². The van der Waals surface area contributed by atoms with Gasteiger partial charge in [-0.1, -0.05) is 29.8 Å². The molecule has 0 N–H and O–H groups in total. The van der Waals surface area contributed by atoms with Crippen molar-refractivity contribution < 1.29 is 9.53 Å². The van der Waals surface area contributed by atoms with Gasteiger partial charge in [-0.3, -0.25) is 4.79 Å². The van der Waals surface area contributed by atoms with Gasteiger partial charge in [0.1, 0.15) is 5.75 Å².